The van der Waals surface area contributed by atoms with Crippen LogP contribution in [-0.2, 0) is 8.52 Å². The molecule has 0 aliphatic carbocycles. The molecule has 0 aromatic heterocycles. The molecule has 0 spiro atoms. The van der Waals surface area contributed by atoms with E-state index in [-0.39, 0.29) is 6.42 Å². The summed E-state index contributed by atoms with van der Waals surface area (Å²) in [4.78, 5) is 10.1. The Bertz CT molecular complexity index is 131. The average Bonchev–Trinajstić information content (AvgIpc) is 2.12. The first-order chi connectivity index (χ1) is 5.65. The molecule has 5 nitrogen and oxygen atoms in total. The molecule has 0 fully saturated rings. The second-order valence-electron chi connectivity index (χ2n) is 2.37. The van der Waals surface area contributed by atoms with Gasteiger partial charge in [0, 0.05) is 0 Å². The van der Waals surface area contributed by atoms with E-state index in [2.05, 4.69) is 0 Å². The van der Waals surface area contributed by atoms with Crippen molar-refractivity contribution in [2.45, 2.75) is 24.7 Å². The summed E-state index contributed by atoms with van der Waals surface area (Å²) in [5.41, 5.74) is 0. The number of aliphatic hydroxyl groups excluding tert-OH is 3. The predicted octanol–water partition coefficient (Wildman–Crippen LogP) is -2.78. The van der Waals surface area contributed by atoms with Crippen molar-refractivity contribution in [1.82, 2.24) is 0 Å². The summed E-state index contributed by atoms with van der Waals surface area (Å²) in [5, 5.41) is 26.4. The van der Waals surface area contributed by atoms with Gasteiger partial charge in [0.05, 0.1) is 0 Å². The maximum atomic E-state index is 10.1. The third kappa shape index (κ3) is 4.18. The summed E-state index contributed by atoms with van der Waals surface area (Å²) < 4.78 is 4.79. The predicted molar refractivity (Wildman–Crippen MR) is 43.2 cm³/mol. The normalized spacial score (nSPS) is 18.3. The van der Waals surface area contributed by atoms with Crippen LogP contribution < -0.4 is 0 Å². The van der Waals surface area contributed by atoms with Crippen LogP contribution in [0.4, 0.5) is 0 Å². The first-order valence-electron chi connectivity index (χ1n) is 3.43. The van der Waals surface area contributed by atoms with Crippen LogP contribution in [0.3, 0.4) is 0 Å². The van der Waals surface area contributed by atoms with E-state index in [1.165, 1.54) is 0 Å². The molecule has 0 saturated carbocycles. The Labute approximate surface area is 79.2 Å². The van der Waals surface area contributed by atoms with Gasteiger partial charge >= 0.3 is 78.7 Å². The van der Waals surface area contributed by atoms with E-state index in [1.54, 1.807) is 0 Å². The number of hydrogen-bond donors (Lipinski definition) is 3. The number of hydrogen-bond acceptors (Lipinski definition) is 5. The van der Waals surface area contributed by atoms with Crippen LogP contribution in [-0.4, -0.2) is 63.7 Å². The van der Waals surface area contributed by atoms with Gasteiger partial charge in [-0.3, -0.25) is 0 Å². The Kier molecular flexibility index (Phi) is 6.61. The molecule has 3 N–H and O–H groups in total. The van der Waals surface area contributed by atoms with Gasteiger partial charge in [-0.05, 0) is 0 Å². The van der Waals surface area contributed by atoms with Crippen molar-refractivity contribution in [2.75, 3.05) is 6.61 Å². The van der Waals surface area contributed by atoms with E-state index >= 15 is 0 Å². The molecule has 0 saturated heterocycles. The van der Waals surface area contributed by atoms with Gasteiger partial charge < -0.3 is 0 Å². The van der Waals surface area contributed by atoms with Gasteiger partial charge in [-0.1, -0.05) is 0 Å². The van der Waals surface area contributed by atoms with Gasteiger partial charge in [-0.25, -0.2) is 0 Å². The van der Waals surface area contributed by atoms with E-state index in [0.717, 1.165) is 17.2 Å². The number of aldehydes is 1. The number of carbonyl (C=O) groups excluding carboxylic acids is 1. The summed E-state index contributed by atoms with van der Waals surface area (Å²) in [7, 11) is 0. The van der Waals surface area contributed by atoms with Crippen molar-refractivity contribution in [3.63, 3.8) is 0 Å². The topological polar surface area (TPSA) is 87.0 Å². The van der Waals surface area contributed by atoms with E-state index in [4.69, 9.17) is 19.0 Å². The third-order valence-electron chi connectivity index (χ3n) is 1.41. The second-order valence-corrected chi connectivity index (χ2v) is 2.94. The van der Waals surface area contributed by atoms with Crippen molar-refractivity contribution in [3.05, 3.63) is 0 Å². The zero-order chi connectivity index (χ0) is 9.56. The molecule has 0 rings (SSSR count). The molecule has 4 atom stereocenters. The zero-order valence-corrected chi connectivity index (χ0v) is 8.88. The quantitative estimate of drug-likeness (QED) is 0.345. The summed E-state index contributed by atoms with van der Waals surface area (Å²) >= 11 is 0.893. The third-order valence-corrected chi connectivity index (χ3v) is 2.14. The molecule has 6 heteroatoms. The Balaban J connectivity index is 3.89. The van der Waals surface area contributed by atoms with Gasteiger partial charge in [0.1, 0.15) is 0 Å². The number of rotatable bonds is 6. The van der Waals surface area contributed by atoms with Crippen LogP contribution >= 0.6 is 0 Å². The molecule has 1 unspecified atom stereocenters. The summed E-state index contributed by atoms with van der Waals surface area (Å²) in [5.74, 6) is 0. The summed E-state index contributed by atoms with van der Waals surface area (Å²) in [6.07, 6.45) is -2.54. The number of carbonyl (C=O) groups is 1. The van der Waals surface area contributed by atoms with Gasteiger partial charge in [0.2, 0.25) is 0 Å². The fourth-order valence-electron chi connectivity index (χ4n) is 0.706. The van der Waals surface area contributed by atoms with Crippen LogP contribution in [0.2, 0.25) is 0 Å². The Morgan fingerprint density at radius 2 is 2.08 bits per heavy atom. The first-order valence-corrected chi connectivity index (χ1v) is 4.42. The molecule has 0 aliphatic rings. The van der Waals surface area contributed by atoms with Crippen LogP contribution in [0.1, 0.15) is 6.42 Å². The van der Waals surface area contributed by atoms with Crippen LogP contribution in [0.25, 0.3) is 0 Å². The van der Waals surface area contributed by atoms with Gasteiger partial charge in [-0.15, -0.1) is 0 Å². The molecular formula is C6H13AsO5. The Morgan fingerprint density at radius 1 is 1.50 bits per heavy atom. The SMILES string of the molecule is O=C[C@H](O)[C@H](C[C@H](O)CO)O[AsH2]. The van der Waals surface area contributed by atoms with Crippen molar-refractivity contribution in [3.8, 4) is 0 Å². The van der Waals surface area contributed by atoms with Crippen LogP contribution in [0, 0.1) is 0 Å². The molecule has 0 aliphatic heterocycles. The van der Waals surface area contributed by atoms with Gasteiger partial charge in [-0.2, -0.15) is 0 Å². The fraction of sp³-hybridized carbons (Fsp3) is 0.833. The minimum atomic E-state index is -1.24. The molecule has 12 heavy (non-hydrogen) atoms. The Hall–Kier alpha value is 0.0684. The molecule has 0 aromatic carbocycles. The van der Waals surface area contributed by atoms with Crippen LogP contribution in [0.15, 0.2) is 0 Å². The van der Waals surface area contributed by atoms with E-state index in [0.29, 0.717) is 6.29 Å². The second kappa shape index (κ2) is 6.57. The summed E-state index contributed by atoms with van der Waals surface area (Å²) in [6.45, 7) is -0.404. The molecule has 0 heterocycles. The first kappa shape index (κ1) is 12.1. The van der Waals surface area contributed by atoms with Crippen molar-refractivity contribution < 1.29 is 23.8 Å². The van der Waals surface area contributed by atoms with E-state index < -0.39 is 24.9 Å². The van der Waals surface area contributed by atoms with E-state index in [1.807, 2.05) is 0 Å². The fourth-order valence-corrected chi connectivity index (χ4v) is 1.28. The van der Waals surface area contributed by atoms with E-state index in [9.17, 15) is 4.79 Å². The number of aliphatic hydroxyl groups is 3. The standard InChI is InChI=1S/C6H13AsO5/c7-12-6(5(11)3-9)1-4(10)2-8/h3-6,8,10-11H,1-2,7H2/t4-,5-,6-/m0/s1. The maximum absolute atomic E-state index is 10.1. The zero-order valence-electron chi connectivity index (χ0n) is 6.46. The van der Waals surface area contributed by atoms with Crippen molar-refractivity contribution >= 4 is 23.5 Å². The molecule has 0 aromatic rings. The average molecular weight is 240 g/mol. The monoisotopic (exact) mass is 240 g/mol. The molecular weight excluding hydrogens is 227 g/mol. The molecule has 0 bridgehead atoms. The molecule has 0 amide bonds. The van der Waals surface area contributed by atoms with Crippen molar-refractivity contribution in [1.29, 1.82) is 0 Å². The van der Waals surface area contributed by atoms with Gasteiger partial charge in [0.25, 0.3) is 0 Å². The molecule has 72 valence electrons. The van der Waals surface area contributed by atoms with Gasteiger partial charge in [0.15, 0.2) is 0 Å². The Morgan fingerprint density at radius 3 is 2.42 bits per heavy atom. The van der Waals surface area contributed by atoms with Crippen LogP contribution in [0.5, 0.6) is 0 Å². The summed E-state index contributed by atoms with van der Waals surface area (Å²) in [6, 6.07) is 0. The minimum absolute atomic E-state index is 0.0503. The van der Waals surface area contributed by atoms with Crippen molar-refractivity contribution in [2.24, 2.45) is 0 Å². The molecule has 0 radical (unpaired) electrons.